The Balaban J connectivity index is 1.81. The summed E-state index contributed by atoms with van der Waals surface area (Å²) in [6, 6.07) is 5.98. The smallest absolute Gasteiger partial charge is 0.404 e. The summed E-state index contributed by atoms with van der Waals surface area (Å²) in [5, 5.41) is 11.5. The van der Waals surface area contributed by atoms with Crippen LogP contribution in [-0.4, -0.2) is 50.4 Å². The molecular weight excluding hydrogens is 414 g/mol. The van der Waals surface area contributed by atoms with Gasteiger partial charge in [-0.1, -0.05) is 15.9 Å². The number of nitrogens with one attached hydrogen (secondary N) is 1. The lowest BCUT2D eigenvalue weighted by molar-refractivity contribution is -0.188. The number of hydrogen-bond acceptors (Lipinski definition) is 5. The van der Waals surface area contributed by atoms with Crippen molar-refractivity contribution in [2.75, 3.05) is 19.0 Å². The summed E-state index contributed by atoms with van der Waals surface area (Å²) in [6.07, 6.45) is 0.230. The first kappa shape index (κ1) is 18.6. The van der Waals surface area contributed by atoms with Crippen LogP contribution in [0.25, 0.3) is 0 Å². The number of carbonyl (C=O) groups is 1. The molecule has 1 aliphatic heterocycles. The molecule has 2 aliphatic rings. The standard InChI is InChI=1S/C16H20BrNO6S/c17-12-1-3-13(4-2-12)25(21,22)10-11-9-16(23-7-8-24-16)6-5-14(11)18-15(19)20/h1-4,11,14,18H,5-10H2,(H,19,20). The van der Waals surface area contributed by atoms with E-state index >= 15 is 0 Å². The molecule has 2 N–H and O–H groups in total. The van der Waals surface area contributed by atoms with E-state index in [4.69, 9.17) is 14.6 Å². The van der Waals surface area contributed by atoms with Gasteiger partial charge in [0.05, 0.1) is 23.9 Å². The minimum absolute atomic E-state index is 0.159. The second kappa shape index (κ2) is 7.22. The molecule has 1 spiro atoms. The van der Waals surface area contributed by atoms with Crippen molar-refractivity contribution in [3.63, 3.8) is 0 Å². The zero-order chi connectivity index (χ0) is 18.1. The van der Waals surface area contributed by atoms with Crippen LogP contribution < -0.4 is 5.32 Å². The van der Waals surface area contributed by atoms with Crippen LogP contribution in [-0.2, 0) is 19.3 Å². The Bertz CT molecular complexity index is 729. The van der Waals surface area contributed by atoms with Crippen molar-refractivity contribution in [3.8, 4) is 0 Å². The molecule has 2 fully saturated rings. The Morgan fingerprint density at radius 2 is 1.92 bits per heavy atom. The van der Waals surface area contributed by atoms with E-state index in [0.29, 0.717) is 32.5 Å². The van der Waals surface area contributed by atoms with Crippen LogP contribution in [0.3, 0.4) is 0 Å². The molecule has 138 valence electrons. The van der Waals surface area contributed by atoms with Crippen molar-refractivity contribution in [1.82, 2.24) is 5.32 Å². The molecule has 2 unspecified atom stereocenters. The molecule has 3 rings (SSSR count). The molecule has 9 heteroatoms. The molecule has 1 saturated carbocycles. The molecule has 0 bridgehead atoms. The van der Waals surface area contributed by atoms with Gasteiger partial charge in [-0.15, -0.1) is 0 Å². The summed E-state index contributed by atoms with van der Waals surface area (Å²) in [5.74, 6) is -1.36. The molecule has 1 amide bonds. The summed E-state index contributed by atoms with van der Waals surface area (Å²) in [6.45, 7) is 0.951. The van der Waals surface area contributed by atoms with Crippen molar-refractivity contribution >= 4 is 31.9 Å². The van der Waals surface area contributed by atoms with E-state index in [2.05, 4.69) is 21.2 Å². The number of hydrogen-bond donors (Lipinski definition) is 2. The summed E-state index contributed by atoms with van der Waals surface area (Å²) in [7, 11) is -3.56. The number of rotatable bonds is 4. The zero-order valence-corrected chi connectivity index (χ0v) is 15.9. The maximum atomic E-state index is 12.8. The lowest BCUT2D eigenvalue weighted by Crippen LogP contribution is -2.51. The minimum atomic E-state index is -3.56. The first-order valence-corrected chi connectivity index (χ1v) is 10.5. The van der Waals surface area contributed by atoms with Gasteiger partial charge in [0, 0.05) is 23.4 Å². The third-order valence-corrected chi connectivity index (χ3v) is 7.09. The number of ether oxygens (including phenoxy) is 2. The summed E-state index contributed by atoms with van der Waals surface area (Å²) in [5.41, 5.74) is 0. The largest absolute Gasteiger partial charge is 0.465 e. The molecule has 1 aromatic rings. The van der Waals surface area contributed by atoms with Crippen LogP contribution in [0.5, 0.6) is 0 Å². The fraction of sp³-hybridized carbons (Fsp3) is 0.562. The molecule has 1 aromatic carbocycles. The van der Waals surface area contributed by atoms with E-state index in [1.54, 1.807) is 24.3 Å². The van der Waals surface area contributed by atoms with E-state index in [1.807, 2.05) is 0 Å². The van der Waals surface area contributed by atoms with Crippen molar-refractivity contribution in [2.24, 2.45) is 5.92 Å². The highest BCUT2D eigenvalue weighted by atomic mass is 79.9. The molecule has 7 nitrogen and oxygen atoms in total. The van der Waals surface area contributed by atoms with E-state index in [1.165, 1.54) is 0 Å². The third kappa shape index (κ3) is 4.33. The second-order valence-electron chi connectivity index (χ2n) is 6.40. The molecule has 2 atom stereocenters. The molecule has 1 heterocycles. The Labute approximate surface area is 154 Å². The van der Waals surface area contributed by atoms with Crippen LogP contribution >= 0.6 is 15.9 Å². The fourth-order valence-electron chi connectivity index (χ4n) is 3.56. The zero-order valence-electron chi connectivity index (χ0n) is 13.5. The molecular formula is C16H20BrNO6S. The average molecular weight is 434 g/mol. The molecule has 25 heavy (non-hydrogen) atoms. The molecule has 1 saturated heterocycles. The fourth-order valence-corrected chi connectivity index (χ4v) is 5.48. The maximum absolute atomic E-state index is 12.8. The van der Waals surface area contributed by atoms with Gasteiger partial charge in [0.1, 0.15) is 0 Å². The second-order valence-corrected chi connectivity index (χ2v) is 9.35. The quantitative estimate of drug-likeness (QED) is 0.755. The molecule has 0 radical (unpaired) electrons. The number of carboxylic acid groups (broad SMARTS) is 1. The van der Waals surface area contributed by atoms with Crippen LogP contribution in [0, 0.1) is 5.92 Å². The van der Waals surface area contributed by atoms with Gasteiger partial charge in [0.25, 0.3) is 0 Å². The minimum Gasteiger partial charge on any atom is -0.465 e. The van der Waals surface area contributed by atoms with Crippen molar-refractivity contribution in [2.45, 2.75) is 36.0 Å². The van der Waals surface area contributed by atoms with Crippen LogP contribution in [0.15, 0.2) is 33.6 Å². The Kier molecular flexibility index (Phi) is 5.38. The number of halogens is 1. The van der Waals surface area contributed by atoms with Gasteiger partial charge >= 0.3 is 6.09 Å². The van der Waals surface area contributed by atoms with Crippen molar-refractivity contribution in [1.29, 1.82) is 0 Å². The monoisotopic (exact) mass is 433 g/mol. The number of amides is 1. The Morgan fingerprint density at radius 1 is 1.28 bits per heavy atom. The van der Waals surface area contributed by atoms with E-state index in [-0.39, 0.29) is 10.6 Å². The normalized spacial score (nSPS) is 25.8. The van der Waals surface area contributed by atoms with E-state index in [9.17, 15) is 13.2 Å². The lowest BCUT2D eigenvalue weighted by Gasteiger charge is -2.40. The number of benzene rings is 1. The van der Waals surface area contributed by atoms with E-state index < -0.39 is 33.7 Å². The number of sulfone groups is 1. The van der Waals surface area contributed by atoms with Gasteiger partial charge in [0.2, 0.25) is 0 Å². The Hall–Kier alpha value is -1.16. The predicted octanol–water partition coefficient (Wildman–Crippen LogP) is 2.40. The summed E-state index contributed by atoms with van der Waals surface area (Å²) in [4.78, 5) is 11.3. The SMILES string of the molecule is O=C(O)NC1CCC2(CC1CS(=O)(=O)c1ccc(Br)cc1)OCCO2. The van der Waals surface area contributed by atoms with Gasteiger partial charge in [-0.3, -0.25) is 0 Å². The highest BCUT2D eigenvalue weighted by Gasteiger charge is 2.46. The first-order chi connectivity index (χ1) is 11.8. The molecule has 1 aliphatic carbocycles. The van der Waals surface area contributed by atoms with Crippen molar-refractivity contribution in [3.05, 3.63) is 28.7 Å². The maximum Gasteiger partial charge on any atom is 0.404 e. The highest BCUT2D eigenvalue weighted by Crippen LogP contribution is 2.40. The molecule has 0 aromatic heterocycles. The van der Waals surface area contributed by atoms with Crippen molar-refractivity contribution < 1.29 is 27.8 Å². The van der Waals surface area contributed by atoms with Gasteiger partial charge in [0.15, 0.2) is 15.6 Å². The summed E-state index contributed by atoms with van der Waals surface area (Å²) >= 11 is 3.28. The van der Waals surface area contributed by atoms with Crippen LogP contribution in [0.4, 0.5) is 4.79 Å². The van der Waals surface area contributed by atoms with Crippen LogP contribution in [0.2, 0.25) is 0 Å². The first-order valence-electron chi connectivity index (χ1n) is 8.05. The lowest BCUT2D eigenvalue weighted by atomic mass is 9.81. The van der Waals surface area contributed by atoms with Gasteiger partial charge in [-0.05, 0) is 36.6 Å². The van der Waals surface area contributed by atoms with E-state index in [0.717, 1.165) is 4.47 Å². The summed E-state index contributed by atoms with van der Waals surface area (Å²) < 4.78 is 37.7. The predicted molar refractivity (Wildman–Crippen MR) is 93.1 cm³/mol. The Morgan fingerprint density at radius 3 is 2.52 bits per heavy atom. The highest BCUT2D eigenvalue weighted by molar-refractivity contribution is 9.10. The van der Waals surface area contributed by atoms with Gasteiger partial charge in [-0.25, -0.2) is 13.2 Å². The van der Waals surface area contributed by atoms with Gasteiger partial charge < -0.3 is 19.9 Å². The topological polar surface area (TPSA) is 102 Å². The van der Waals surface area contributed by atoms with Crippen LogP contribution in [0.1, 0.15) is 19.3 Å². The third-order valence-electron chi connectivity index (χ3n) is 4.71. The van der Waals surface area contributed by atoms with Gasteiger partial charge in [-0.2, -0.15) is 0 Å². The average Bonchev–Trinajstić information content (AvgIpc) is 2.98.